The molecule has 0 amide bonds. The van der Waals surface area contributed by atoms with Crippen LogP contribution in [0.4, 0.5) is 0 Å². The van der Waals surface area contributed by atoms with Crippen LogP contribution in [0.25, 0.3) is 0 Å². The van der Waals surface area contributed by atoms with Crippen LogP contribution in [0.2, 0.25) is 0 Å². The minimum Gasteiger partial charge on any atom is -0.465 e. The van der Waals surface area contributed by atoms with Crippen molar-refractivity contribution >= 4 is 5.97 Å². The van der Waals surface area contributed by atoms with E-state index < -0.39 is 5.60 Å². The summed E-state index contributed by atoms with van der Waals surface area (Å²) in [6.07, 6.45) is 5.80. The fourth-order valence-corrected chi connectivity index (χ4v) is 3.36. The monoisotopic (exact) mass is 269 g/mol. The fraction of sp³-hybridized carbons (Fsp3) is 0.933. The van der Waals surface area contributed by atoms with E-state index in [9.17, 15) is 9.90 Å². The van der Waals surface area contributed by atoms with Crippen molar-refractivity contribution in [2.45, 2.75) is 64.0 Å². The molecule has 1 unspecified atom stereocenters. The number of rotatable bonds is 4. The second kappa shape index (κ2) is 6.23. The maximum Gasteiger partial charge on any atom is 0.323 e. The van der Waals surface area contributed by atoms with Gasteiger partial charge in [-0.25, -0.2) is 0 Å². The van der Waals surface area contributed by atoms with Gasteiger partial charge >= 0.3 is 5.97 Å². The van der Waals surface area contributed by atoms with Crippen LogP contribution < -0.4 is 0 Å². The first kappa shape index (κ1) is 14.8. The first-order valence-electron chi connectivity index (χ1n) is 7.67. The molecule has 1 saturated heterocycles. The Morgan fingerprint density at radius 2 is 2.05 bits per heavy atom. The quantitative estimate of drug-likeness (QED) is 0.793. The number of carbonyl (C=O) groups excluding carboxylic acids is 1. The van der Waals surface area contributed by atoms with Gasteiger partial charge in [-0.3, -0.25) is 9.69 Å². The molecule has 0 bridgehead atoms. The van der Waals surface area contributed by atoms with E-state index in [1.54, 1.807) is 0 Å². The molecular formula is C15H27NO3. The van der Waals surface area contributed by atoms with E-state index in [0.717, 1.165) is 51.0 Å². The van der Waals surface area contributed by atoms with Crippen LogP contribution in [-0.2, 0) is 9.53 Å². The summed E-state index contributed by atoms with van der Waals surface area (Å²) in [5.41, 5.74) is -0.596. The first-order chi connectivity index (χ1) is 9.04. The molecule has 1 atom stereocenters. The second-order valence-electron chi connectivity index (χ2n) is 6.29. The molecule has 1 heterocycles. The van der Waals surface area contributed by atoms with Crippen molar-refractivity contribution in [3.8, 4) is 0 Å². The van der Waals surface area contributed by atoms with Crippen molar-refractivity contribution in [3.05, 3.63) is 0 Å². The van der Waals surface area contributed by atoms with E-state index >= 15 is 0 Å². The lowest BCUT2D eigenvalue weighted by molar-refractivity contribution is -0.149. The van der Waals surface area contributed by atoms with E-state index in [-0.39, 0.29) is 12.0 Å². The summed E-state index contributed by atoms with van der Waals surface area (Å²) in [5.74, 6) is 0.604. The number of hydrogen-bond acceptors (Lipinski definition) is 4. The van der Waals surface area contributed by atoms with Crippen LogP contribution >= 0.6 is 0 Å². The molecule has 0 aromatic carbocycles. The summed E-state index contributed by atoms with van der Waals surface area (Å²) >= 11 is 0. The maximum atomic E-state index is 11.9. The summed E-state index contributed by atoms with van der Waals surface area (Å²) in [5, 5.41) is 10.7. The highest BCUT2D eigenvalue weighted by atomic mass is 16.5. The lowest BCUT2D eigenvalue weighted by Crippen LogP contribution is -2.49. The predicted octanol–water partition coefficient (Wildman–Crippen LogP) is 1.96. The number of esters is 1. The fourth-order valence-electron chi connectivity index (χ4n) is 3.36. The number of likely N-dealkylation sites (tertiary alicyclic amines) is 1. The van der Waals surface area contributed by atoms with Crippen LogP contribution in [0.5, 0.6) is 0 Å². The molecule has 2 rings (SSSR count). The van der Waals surface area contributed by atoms with Gasteiger partial charge in [0.1, 0.15) is 6.04 Å². The van der Waals surface area contributed by atoms with Crippen LogP contribution in [0.15, 0.2) is 0 Å². The van der Waals surface area contributed by atoms with E-state index in [1.165, 1.54) is 0 Å². The molecule has 2 aliphatic rings. The Balaban J connectivity index is 1.92. The number of nitrogens with zero attached hydrogens (tertiary/aromatic N) is 1. The van der Waals surface area contributed by atoms with Gasteiger partial charge in [-0.2, -0.15) is 0 Å². The largest absolute Gasteiger partial charge is 0.465 e. The summed E-state index contributed by atoms with van der Waals surface area (Å²) in [6, 6.07) is -0.136. The Bertz CT molecular complexity index is 311. The molecule has 1 aliphatic heterocycles. The smallest absolute Gasteiger partial charge is 0.323 e. The normalized spacial score (nSPS) is 36.4. The van der Waals surface area contributed by atoms with Gasteiger partial charge in [-0.1, -0.05) is 6.92 Å². The Morgan fingerprint density at radius 1 is 1.37 bits per heavy atom. The molecule has 1 N–H and O–H groups in total. The third-order valence-corrected chi connectivity index (χ3v) is 4.62. The molecule has 4 nitrogen and oxygen atoms in total. The Hall–Kier alpha value is -0.610. The van der Waals surface area contributed by atoms with Crippen LogP contribution in [-0.4, -0.2) is 47.3 Å². The van der Waals surface area contributed by atoms with Gasteiger partial charge in [0.25, 0.3) is 0 Å². The van der Waals surface area contributed by atoms with Crippen molar-refractivity contribution in [3.63, 3.8) is 0 Å². The number of hydrogen-bond donors (Lipinski definition) is 1. The average molecular weight is 269 g/mol. The Kier molecular flexibility index (Phi) is 4.85. The molecule has 0 spiro atoms. The molecule has 2 fully saturated rings. The van der Waals surface area contributed by atoms with Crippen molar-refractivity contribution in [2.75, 3.05) is 19.7 Å². The van der Waals surface area contributed by atoms with Gasteiger partial charge in [0, 0.05) is 6.54 Å². The molecular weight excluding hydrogens is 242 g/mol. The Labute approximate surface area is 116 Å². The van der Waals surface area contributed by atoms with Crippen LogP contribution in [0.3, 0.4) is 0 Å². The SMILES string of the molecule is CCOC(=O)C1CCCN1CC1(O)CCC(C)CC1. The highest BCUT2D eigenvalue weighted by Gasteiger charge is 2.39. The van der Waals surface area contributed by atoms with E-state index in [4.69, 9.17) is 4.74 Å². The molecule has 0 aromatic rings. The number of carbonyl (C=O) groups is 1. The van der Waals surface area contributed by atoms with Gasteiger partial charge < -0.3 is 9.84 Å². The molecule has 110 valence electrons. The van der Waals surface area contributed by atoms with E-state index in [0.29, 0.717) is 13.2 Å². The molecule has 19 heavy (non-hydrogen) atoms. The van der Waals surface area contributed by atoms with Gasteiger partial charge in [0.2, 0.25) is 0 Å². The highest BCUT2D eigenvalue weighted by molar-refractivity contribution is 5.76. The molecule has 1 saturated carbocycles. The maximum absolute atomic E-state index is 11.9. The van der Waals surface area contributed by atoms with Crippen molar-refractivity contribution in [1.82, 2.24) is 4.90 Å². The lowest BCUT2D eigenvalue weighted by Gasteiger charge is -2.39. The Morgan fingerprint density at radius 3 is 2.68 bits per heavy atom. The number of aliphatic hydroxyl groups is 1. The summed E-state index contributed by atoms with van der Waals surface area (Å²) in [6.45, 7) is 6.06. The summed E-state index contributed by atoms with van der Waals surface area (Å²) in [7, 11) is 0. The minimum atomic E-state index is -0.596. The van der Waals surface area contributed by atoms with E-state index in [2.05, 4.69) is 11.8 Å². The second-order valence-corrected chi connectivity index (χ2v) is 6.29. The standard InChI is InChI=1S/C15H27NO3/c1-3-19-14(17)13-5-4-10-16(13)11-15(18)8-6-12(2)7-9-15/h12-13,18H,3-11H2,1-2H3. The van der Waals surface area contributed by atoms with Gasteiger partial charge in [0.05, 0.1) is 12.2 Å². The predicted molar refractivity (Wildman–Crippen MR) is 73.8 cm³/mol. The van der Waals surface area contributed by atoms with Crippen LogP contribution in [0, 0.1) is 5.92 Å². The molecule has 0 aromatic heterocycles. The average Bonchev–Trinajstić information content (AvgIpc) is 2.81. The topological polar surface area (TPSA) is 49.8 Å². The zero-order valence-electron chi connectivity index (χ0n) is 12.2. The van der Waals surface area contributed by atoms with Crippen LogP contribution in [0.1, 0.15) is 52.4 Å². The van der Waals surface area contributed by atoms with Gasteiger partial charge in [0.15, 0.2) is 0 Å². The molecule has 0 radical (unpaired) electrons. The lowest BCUT2D eigenvalue weighted by atomic mass is 9.79. The zero-order valence-corrected chi connectivity index (χ0v) is 12.2. The zero-order chi connectivity index (χ0) is 13.9. The minimum absolute atomic E-state index is 0.118. The first-order valence-corrected chi connectivity index (χ1v) is 7.67. The van der Waals surface area contributed by atoms with E-state index in [1.807, 2.05) is 6.92 Å². The number of β-amino-alcohol motifs (C(OH)–C–C–N with tert-alkyl or cyclic N) is 1. The van der Waals surface area contributed by atoms with Crippen molar-refractivity contribution in [1.29, 1.82) is 0 Å². The highest BCUT2D eigenvalue weighted by Crippen LogP contribution is 2.34. The van der Waals surface area contributed by atoms with Crippen molar-refractivity contribution < 1.29 is 14.6 Å². The third kappa shape index (κ3) is 3.69. The number of ether oxygens (including phenoxy) is 1. The summed E-state index contributed by atoms with van der Waals surface area (Å²) in [4.78, 5) is 14.0. The molecule has 1 aliphatic carbocycles. The van der Waals surface area contributed by atoms with Crippen molar-refractivity contribution in [2.24, 2.45) is 5.92 Å². The van der Waals surface area contributed by atoms with Gasteiger partial charge in [-0.05, 0) is 57.9 Å². The summed E-state index contributed by atoms with van der Waals surface area (Å²) < 4.78 is 5.13. The third-order valence-electron chi connectivity index (χ3n) is 4.62. The molecule has 4 heteroatoms. The van der Waals surface area contributed by atoms with Gasteiger partial charge in [-0.15, -0.1) is 0 Å².